The number of halogens is 1. The number of nitriles is 1. The van der Waals surface area contributed by atoms with Crippen LogP contribution in [0.2, 0.25) is 5.02 Å². The molecule has 53 heavy (non-hydrogen) atoms. The number of aliphatic hydroxyl groups is 1. The van der Waals surface area contributed by atoms with Gasteiger partial charge in [-0.25, -0.2) is 5.10 Å². The summed E-state index contributed by atoms with van der Waals surface area (Å²) in [5, 5.41) is 33.9. The lowest BCUT2D eigenvalue weighted by Crippen LogP contribution is -2.24. The van der Waals surface area contributed by atoms with E-state index in [0.29, 0.717) is 47.7 Å². The third-order valence-corrected chi connectivity index (χ3v) is 10.1. The van der Waals surface area contributed by atoms with E-state index in [2.05, 4.69) is 73.5 Å². The molecular formula is C40H45ClN8O4. The molecule has 1 saturated heterocycles. The lowest BCUT2D eigenvalue weighted by molar-refractivity contribution is 0.173. The SMILES string of the molecule is Cc1c(COc2cc(OCc3cncc(C#N)c3)c(CN(C)C(C)c3nnn[nH]3)cc2Cl)cccc1-c1cccc(OCCCN2CCC(O)C2)c1C. The van der Waals surface area contributed by atoms with Crippen molar-refractivity contribution < 1.29 is 19.3 Å². The molecule has 0 radical (unpaired) electrons. The average molecular weight is 737 g/mol. The molecule has 12 nitrogen and oxygen atoms in total. The Morgan fingerprint density at radius 2 is 1.79 bits per heavy atom. The zero-order valence-electron chi connectivity index (χ0n) is 30.5. The minimum absolute atomic E-state index is 0.106. The number of β-amino-alcohol motifs (C(OH)–C–C–N with tert-alkyl or cyclic N) is 1. The monoisotopic (exact) mass is 736 g/mol. The molecule has 0 amide bonds. The van der Waals surface area contributed by atoms with Gasteiger partial charge in [0.1, 0.15) is 36.5 Å². The number of H-pyrrole nitrogens is 1. The maximum atomic E-state index is 9.80. The summed E-state index contributed by atoms with van der Waals surface area (Å²) in [4.78, 5) is 8.54. The number of aliphatic hydroxyl groups excluding tert-OH is 1. The van der Waals surface area contributed by atoms with Gasteiger partial charge in [-0.3, -0.25) is 9.88 Å². The van der Waals surface area contributed by atoms with Gasteiger partial charge in [0.05, 0.1) is 29.3 Å². The predicted octanol–water partition coefficient (Wildman–Crippen LogP) is 6.59. The fourth-order valence-corrected chi connectivity index (χ4v) is 6.77. The summed E-state index contributed by atoms with van der Waals surface area (Å²) < 4.78 is 19.0. The Balaban J connectivity index is 1.18. The van der Waals surface area contributed by atoms with Gasteiger partial charge >= 0.3 is 0 Å². The maximum Gasteiger partial charge on any atom is 0.165 e. The first kappa shape index (κ1) is 37.7. The summed E-state index contributed by atoms with van der Waals surface area (Å²) in [6.07, 6.45) is 4.75. The normalized spacial score (nSPS) is 15.0. The predicted molar refractivity (Wildman–Crippen MR) is 202 cm³/mol. The maximum absolute atomic E-state index is 9.80. The lowest BCUT2D eigenvalue weighted by Gasteiger charge is -2.24. The molecule has 2 aromatic heterocycles. The minimum atomic E-state index is -0.206. The van der Waals surface area contributed by atoms with Crippen molar-refractivity contribution in [2.24, 2.45) is 0 Å². The van der Waals surface area contributed by atoms with Gasteiger partial charge in [-0.15, -0.1) is 5.10 Å². The van der Waals surface area contributed by atoms with Gasteiger partial charge in [0, 0.05) is 55.8 Å². The molecule has 2 atom stereocenters. The van der Waals surface area contributed by atoms with Crippen LogP contribution in [0.15, 0.2) is 67.0 Å². The Labute approximate surface area is 315 Å². The summed E-state index contributed by atoms with van der Waals surface area (Å²) in [7, 11) is 1.97. The molecule has 2 N–H and O–H groups in total. The molecule has 1 aliphatic rings. The van der Waals surface area contributed by atoms with E-state index in [1.54, 1.807) is 12.3 Å². The highest BCUT2D eigenvalue weighted by atomic mass is 35.5. The fraction of sp³-hybridized carbons (Fsp3) is 0.375. The van der Waals surface area contributed by atoms with Gasteiger partial charge < -0.3 is 24.2 Å². The van der Waals surface area contributed by atoms with Crippen LogP contribution in [0.25, 0.3) is 11.1 Å². The molecule has 1 aliphatic heterocycles. The molecule has 1 fully saturated rings. The van der Waals surface area contributed by atoms with Crippen LogP contribution in [-0.2, 0) is 19.8 Å². The van der Waals surface area contributed by atoms with Crippen LogP contribution < -0.4 is 14.2 Å². The van der Waals surface area contributed by atoms with Crippen LogP contribution in [0.3, 0.4) is 0 Å². The van der Waals surface area contributed by atoms with Crippen molar-refractivity contribution in [2.75, 3.05) is 33.3 Å². The van der Waals surface area contributed by atoms with E-state index in [-0.39, 0.29) is 18.8 Å². The molecule has 6 rings (SSSR count). The number of ether oxygens (including phenoxy) is 3. The zero-order chi connectivity index (χ0) is 37.3. The number of hydrogen-bond donors (Lipinski definition) is 2. The number of rotatable bonds is 16. The van der Waals surface area contributed by atoms with Crippen molar-refractivity contribution >= 4 is 11.6 Å². The summed E-state index contributed by atoms with van der Waals surface area (Å²) in [5.74, 6) is 2.60. The Kier molecular flexibility index (Phi) is 12.5. The van der Waals surface area contributed by atoms with Crippen molar-refractivity contribution in [3.8, 4) is 34.4 Å². The largest absolute Gasteiger partial charge is 0.493 e. The van der Waals surface area contributed by atoms with Crippen molar-refractivity contribution in [3.05, 3.63) is 111 Å². The number of hydrogen-bond acceptors (Lipinski definition) is 11. The molecule has 5 aromatic rings. The standard InChI is InChI=1S/C40H45ClN8O4/c1-26-31(8-5-9-34(26)35-10-6-11-37(27(35)2)51-15-7-13-49-14-12-33(50)23-49)25-53-39-18-38(52-24-30-16-29(19-42)20-43-21-30)32(17-36(39)41)22-48(4)28(3)40-44-46-47-45-40/h5-6,8-11,16-18,20-21,28,33,50H,7,12-15,22-25H2,1-4H3,(H,44,45,46,47). The highest BCUT2D eigenvalue weighted by Crippen LogP contribution is 2.37. The van der Waals surface area contributed by atoms with Crippen molar-refractivity contribution in [1.29, 1.82) is 5.26 Å². The van der Waals surface area contributed by atoms with Crippen molar-refractivity contribution in [2.45, 2.75) is 65.5 Å². The highest BCUT2D eigenvalue weighted by molar-refractivity contribution is 6.32. The van der Waals surface area contributed by atoms with E-state index in [1.807, 2.05) is 44.3 Å². The Morgan fingerprint density at radius 3 is 2.55 bits per heavy atom. The number of aromatic nitrogens is 5. The summed E-state index contributed by atoms with van der Waals surface area (Å²) in [6.45, 7) is 10.4. The molecule has 3 aromatic carbocycles. The molecular weight excluding hydrogens is 692 g/mol. The van der Waals surface area contributed by atoms with Crippen LogP contribution in [0.1, 0.15) is 65.0 Å². The third kappa shape index (κ3) is 9.49. The Bertz CT molecular complexity index is 2040. The quantitative estimate of drug-likeness (QED) is 0.106. The second-order valence-electron chi connectivity index (χ2n) is 13.5. The van der Waals surface area contributed by atoms with Gasteiger partial charge in [0.15, 0.2) is 5.82 Å². The van der Waals surface area contributed by atoms with E-state index in [1.165, 1.54) is 6.20 Å². The van der Waals surface area contributed by atoms with E-state index >= 15 is 0 Å². The van der Waals surface area contributed by atoms with Crippen LogP contribution in [0, 0.1) is 25.2 Å². The first-order chi connectivity index (χ1) is 25.7. The van der Waals surface area contributed by atoms with Gasteiger partial charge in [-0.1, -0.05) is 41.9 Å². The molecule has 276 valence electrons. The summed E-state index contributed by atoms with van der Waals surface area (Å²) in [5.41, 5.74) is 7.50. The van der Waals surface area contributed by atoms with Crippen LogP contribution in [0.5, 0.6) is 17.2 Å². The Morgan fingerprint density at radius 1 is 1.00 bits per heavy atom. The van der Waals surface area contributed by atoms with Crippen molar-refractivity contribution in [3.63, 3.8) is 0 Å². The summed E-state index contributed by atoms with van der Waals surface area (Å²) >= 11 is 6.88. The second-order valence-corrected chi connectivity index (χ2v) is 13.9. The van der Waals surface area contributed by atoms with E-state index in [4.69, 9.17) is 25.8 Å². The molecule has 13 heteroatoms. The number of nitrogens with one attached hydrogen (secondary N) is 1. The fourth-order valence-electron chi connectivity index (χ4n) is 6.53. The van der Waals surface area contributed by atoms with E-state index < -0.39 is 0 Å². The van der Waals surface area contributed by atoms with E-state index in [0.717, 1.165) is 77.2 Å². The minimum Gasteiger partial charge on any atom is -0.493 e. The summed E-state index contributed by atoms with van der Waals surface area (Å²) in [6, 6.07) is 19.9. The third-order valence-electron chi connectivity index (χ3n) is 9.80. The molecule has 0 saturated carbocycles. The smallest absolute Gasteiger partial charge is 0.165 e. The van der Waals surface area contributed by atoms with Crippen molar-refractivity contribution in [1.82, 2.24) is 35.4 Å². The Hall–Kier alpha value is -5.06. The van der Waals surface area contributed by atoms with Gasteiger partial charge in [-0.05, 0) is 97.1 Å². The van der Waals surface area contributed by atoms with Crippen LogP contribution in [-0.4, -0.2) is 79.9 Å². The van der Waals surface area contributed by atoms with Gasteiger partial charge in [0.2, 0.25) is 0 Å². The second kappa shape index (κ2) is 17.6. The average Bonchev–Trinajstić information content (AvgIpc) is 3.86. The molecule has 0 spiro atoms. The first-order valence-electron chi connectivity index (χ1n) is 17.8. The first-order valence-corrected chi connectivity index (χ1v) is 18.2. The number of aromatic amines is 1. The molecule has 0 bridgehead atoms. The van der Waals surface area contributed by atoms with E-state index in [9.17, 15) is 10.4 Å². The number of benzene rings is 3. The van der Waals surface area contributed by atoms with Gasteiger partial charge in [-0.2, -0.15) is 5.26 Å². The topological polar surface area (TPSA) is 146 Å². The number of tetrazole rings is 1. The molecule has 3 heterocycles. The van der Waals surface area contributed by atoms with Gasteiger partial charge in [0.25, 0.3) is 0 Å². The van der Waals surface area contributed by atoms with Crippen LogP contribution >= 0.6 is 11.6 Å². The molecule has 0 aliphatic carbocycles. The number of pyridine rings is 1. The highest BCUT2D eigenvalue weighted by Gasteiger charge is 2.21. The van der Waals surface area contributed by atoms with Crippen LogP contribution in [0.4, 0.5) is 0 Å². The molecule has 2 unspecified atom stereocenters. The lowest BCUT2D eigenvalue weighted by atomic mass is 9.93. The zero-order valence-corrected chi connectivity index (χ0v) is 31.3. The number of likely N-dealkylation sites (tertiary alicyclic amines) is 1. The number of nitrogens with zero attached hydrogens (tertiary/aromatic N) is 7.